The first kappa shape index (κ1) is 15.2. The van der Waals surface area contributed by atoms with Crippen LogP contribution in [0.1, 0.15) is 36.0 Å². The SMILES string of the molecule is COc1ccc([N+](=O)[O-])cc1C(=O)N[C@H]1CCCC[C@@H]1O. The van der Waals surface area contributed by atoms with Gasteiger partial charge in [0.15, 0.2) is 0 Å². The van der Waals surface area contributed by atoms with Crippen LogP contribution in [-0.2, 0) is 0 Å². The van der Waals surface area contributed by atoms with Crippen molar-refractivity contribution in [1.29, 1.82) is 0 Å². The van der Waals surface area contributed by atoms with E-state index in [4.69, 9.17) is 4.74 Å². The number of nitro groups is 1. The largest absolute Gasteiger partial charge is 0.496 e. The number of carbonyl (C=O) groups excluding carboxylic acids is 1. The number of hydrogen-bond donors (Lipinski definition) is 2. The molecule has 1 aliphatic rings. The summed E-state index contributed by atoms with van der Waals surface area (Å²) in [5.41, 5.74) is -0.0744. The number of carbonyl (C=O) groups is 1. The topological polar surface area (TPSA) is 102 Å². The molecule has 1 saturated carbocycles. The van der Waals surface area contributed by atoms with Crippen LogP contribution in [0.15, 0.2) is 18.2 Å². The van der Waals surface area contributed by atoms with Crippen molar-refractivity contribution in [1.82, 2.24) is 5.32 Å². The lowest BCUT2D eigenvalue weighted by molar-refractivity contribution is -0.384. The molecular formula is C14H18N2O5. The average Bonchev–Trinajstić information content (AvgIpc) is 2.48. The van der Waals surface area contributed by atoms with Crippen molar-refractivity contribution < 1.29 is 19.6 Å². The summed E-state index contributed by atoms with van der Waals surface area (Å²) in [5, 5.41) is 23.4. The van der Waals surface area contributed by atoms with E-state index in [0.717, 1.165) is 12.8 Å². The van der Waals surface area contributed by atoms with E-state index < -0.39 is 16.9 Å². The standard InChI is InChI=1S/C14H18N2O5/c1-21-13-7-6-9(16(19)20)8-10(13)14(18)15-11-4-2-3-5-12(11)17/h6-8,11-12,17H,2-5H2,1H3,(H,15,18)/t11-,12-/m0/s1. The number of nitro benzene ring substituents is 1. The lowest BCUT2D eigenvalue weighted by atomic mass is 9.92. The van der Waals surface area contributed by atoms with Gasteiger partial charge in [0.05, 0.1) is 29.7 Å². The predicted molar refractivity (Wildman–Crippen MR) is 75.4 cm³/mol. The van der Waals surface area contributed by atoms with Gasteiger partial charge >= 0.3 is 0 Å². The first-order valence-corrected chi connectivity index (χ1v) is 6.84. The average molecular weight is 294 g/mol. The maximum absolute atomic E-state index is 12.3. The van der Waals surface area contributed by atoms with Crippen LogP contribution in [0, 0.1) is 10.1 Å². The third-order valence-corrected chi connectivity index (χ3v) is 3.68. The fourth-order valence-electron chi connectivity index (χ4n) is 2.51. The van der Waals surface area contributed by atoms with Gasteiger partial charge in [-0.15, -0.1) is 0 Å². The number of amides is 1. The normalized spacial score (nSPS) is 21.6. The molecule has 21 heavy (non-hydrogen) atoms. The molecule has 0 unspecified atom stereocenters. The van der Waals surface area contributed by atoms with E-state index >= 15 is 0 Å². The van der Waals surface area contributed by atoms with Crippen molar-refractivity contribution in [2.24, 2.45) is 0 Å². The van der Waals surface area contributed by atoms with Gasteiger partial charge in [-0.1, -0.05) is 12.8 Å². The van der Waals surface area contributed by atoms with E-state index in [-0.39, 0.29) is 23.0 Å². The second-order valence-electron chi connectivity index (χ2n) is 5.07. The third kappa shape index (κ3) is 3.49. The smallest absolute Gasteiger partial charge is 0.270 e. The molecule has 7 nitrogen and oxygen atoms in total. The Morgan fingerprint density at radius 1 is 1.43 bits per heavy atom. The van der Waals surface area contributed by atoms with Gasteiger partial charge in [0.25, 0.3) is 11.6 Å². The van der Waals surface area contributed by atoms with Gasteiger partial charge in [-0.25, -0.2) is 0 Å². The van der Waals surface area contributed by atoms with Crippen LogP contribution in [0.5, 0.6) is 5.75 Å². The fraction of sp³-hybridized carbons (Fsp3) is 0.500. The molecule has 1 fully saturated rings. The van der Waals surface area contributed by atoms with E-state index in [1.54, 1.807) is 0 Å². The first-order chi connectivity index (χ1) is 10.0. The van der Waals surface area contributed by atoms with E-state index in [9.17, 15) is 20.0 Å². The Labute approximate surface area is 122 Å². The molecule has 2 rings (SSSR count). The number of non-ortho nitro benzene ring substituents is 1. The molecule has 0 spiro atoms. The molecule has 0 heterocycles. The molecule has 0 saturated heterocycles. The number of rotatable bonds is 4. The predicted octanol–water partition coefficient (Wildman–Crippen LogP) is 1.64. The fourth-order valence-corrected chi connectivity index (χ4v) is 2.51. The van der Waals surface area contributed by atoms with Gasteiger partial charge in [0, 0.05) is 12.1 Å². The van der Waals surface area contributed by atoms with Crippen LogP contribution in [0.4, 0.5) is 5.69 Å². The van der Waals surface area contributed by atoms with Crippen LogP contribution < -0.4 is 10.1 Å². The highest BCUT2D eigenvalue weighted by atomic mass is 16.6. The zero-order chi connectivity index (χ0) is 15.4. The molecule has 0 bridgehead atoms. The zero-order valence-corrected chi connectivity index (χ0v) is 11.7. The summed E-state index contributed by atoms with van der Waals surface area (Å²) in [6.07, 6.45) is 2.65. The summed E-state index contributed by atoms with van der Waals surface area (Å²) >= 11 is 0. The maximum Gasteiger partial charge on any atom is 0.270 e. The van der Waals surface area contributed by atoms with Crippen molar-refractivity contribution in [3.8, 4) is 5.75 Å². The highest BCUT2D eigenvalue weighted by molar-refractivity contribution is 5.97. The van der Waals surface area contributed by atoms with E-state index in [1.807, 2.05) is 0 Å². The number of benzene rings is 1. The van der Waals surface area contributed by atoms with Crippen LogP contribution in [-0.4, -0.2) is 35.2 Å². The van der Waals surface area contributed by atoms with Gasteiger partial charge in [0.1, 0.15) is 5.75 Å². The number of hydrogen-bond acceptors (Lipinski definition) is 5. The number of aliphatic hydroxyl groups is 1. The summed E-state index contributed by atoms with van der Waals surface area (Å²) in [7, 11) is 1.40. The summed E-state index contributed by atoms with van der Waals surface area (Å²) in [6.45, 7) is 0. The molecule has 0 radical (unpaired) electrons. The molecule has 2 atom stereocenters. The number of methoxy groups -OCH3 is 1. The molecule has 0 aliphatic heterocycles. The highest BCUT2D eigenvalue weighted by Crippen LogP contribution is 2.25. The number of ether oxygens (including phenoxy) is 1. The number of aliphatic hydroxyl groups excluding tert-OH is 1. The summed E-state index contributed by atoms with van der Waals surface area (Å²) in [4.78, 5) is 22.5. The Morgan fingerprint density at radius 3 is 2.76 bits per heavy atom. The van der Waals surface area contributed by atoms with Crippen LogP contribution >= 0.6 is 0 Å². The van der Waals surface area contributed by atoms with Gasteiger partial charge in [-0.3, -0.25) is 14.9 Å². The van der Waals surface area contributed by atoms with E-state index in [0.29, 0.717) is 12.8 Å². The molecule has 114 valence electrons. The minimum absolute atomic E-state index is 0.101. The Kier molecular flexibility index (Phi) is 4.74. The van der Waals surface area contributed by atoms with Crippen molar-refractivity contribution in [3.63, 3.8) is 0 Å². The maximum atomic E-state index is 12.3. The summed E-state index contributed by atoms with van der Waals surface area (Å²) in [5.74, 6) is -0.204. The molecule has 1 amide bonds. The lowest BCUT2D eigenvalue weighted by Crippen LogP contribution is -2.45. The molecule has 1 aromatic rings. The monoisotopic (exact) mass is 294 g/mol. The molecule has 0 aromatic heterocycles. The van der Waals surface area contributed by atoms with Crippen LogP contribution in [0.25, 0.3) is 0 Å². The Bertz CT molecular complexity index is 546. The number of nitrogens with zero attached hydrogens (tertiary/aromatic N) is 1. The van der Waals surface area contributed by atoms with Crippen LogP contribution in [0.2, 0.25) is 0 Å². The first-order valence-electron chi connectivity index (χ1n) is 6.84. The molecule has 1 aromatic carbocycles. The van der Waals surface area contributed by atoms with Gasteiger partial charge < -0.3 is 15.2 Å². The van der Waals surface area contributed by atoms with E-state index in [1.165, 1.54) is 25.3 Å². The van der Waals surface area contributed by atoms with Crippen LogP contribution in [0.3, 0.4) is 0 Å². The molecular weight excluding hydrogens is 276 g/mol. The van der Waals surface area contributed by atoms with Gasteiger partial charge in [-0.2, -0.15) is 0 Å². The van der Waals surface area contributed by atoms with Crippen molar-refractivity contribution in [3.05, 3.63) is 33.9 Å². The lowest BCUT2D eigenvalue weighted by Gasteiger charge is -2.28. The number of nitrogens with one attached hydrogen (secondary N) is 1. The van der Waals surface area contributed by atoms with Crippen molar-refractivity contribution in [2.45, 2.75) is 37.8 Å². The molecule has 2 N–H and O–H groups in total. The minimum atomic E-state index is -0.576. The molecule has 7 heteroatoms. The Hall–Kier alpha value is -2.15. The van der Waals surface area contributed by atoms with Crippen molar-refractivity contribution >= 4 is 11.6 Å². The highest BCUT2D eigenvalue weighted by Gasteiger charge is 2.26. The Balaban J connectivity index is 2.20. The summed E-state index contributed by atoms with van der Waals surface area (Å²) in [6, 6.07) is 3.54. The second-order valence-corrected chi connectivity index (χ2v) is 5.07. The Morgan fingerprint density at radius 2 is 2.14 bits per heavy atom. The summed E-state index contributed by atoms with van der Waals surface area (Å²) < 4.78 is 5.07. The third-order valence-electron chi connectivity index (χ3n) is 3.68. The van der Waals surface area contributed by atoms with Crippen molar-refractivity contribution in [2.75, 3.05) is 7.11 Å². The van der Waals surface area contributed by atoms with Gasteiger partial charge in [0.2, 0.25) is 0 Å². The molecule has 1 aliphatic carbocycles. The van der Waals surface area contributed by atoms with E-state index in [2.05, 4.69) is 5.32 Å². The minimum Gasteiger partial charge on any atom is -0.496 e. The zero-order valence-electron chi connectivity index (χ0n) is 11.7. The second kappa shape index (κ2) is 6.53. The van der Waals surface area contributed by atoms with Gasteiger partial charge in [-0.05, 0) is 18.9 Å². The quantitative estimate of drug-likeness (QED) is 0.649.